The van der Waals surface area contributed by atoms with Gasteiger partial charge in [0.2, 0.25) is 11.8 Å². The van der Waals surface area contributed by atoms with Crippen LogP contribution in [0, 0.1) is 5.92 Å². The van der Waals surface area contributed by atoms with E-state index in [9.17, 15) is 9.59 Å². The molecule has 0 aromatic heterocycles. The molecular weight excluding hydrogens is 228 g/mol. The van der Waals surface area contributed by atoms with Crippen LogP contribution in [-0.2, 0) is 12.8 Å². The van der Waals surface area contributed by atoms with Gasteiger partial charge in [-0.05, 0) is 42.4 Å². The third-order valence-corrected chi connectivity index (χ3v) is 3.60. The molecule has 96 valence electrons. The molecule has 1 aliphatic carbocycles. The Morgan fingerprint density at radius 3 is 2.56 bits per heavy atom. The highest BCUT2D eigenvalue weighted by Crippen LogP contribution is 2.28. The lowest BCUT2D eigenvalue weighted by atomic mass is 9.83. The SMILES string of the molecule is CC1CCCc2c(C(N)=O)ccc(c2C(N)=O)C1. The van der Waals surface area contributed by atoms with E-state index in [4.69, 9.17) is 11.5 Å². The topological polar surface area (TPSA) is 86.2 Å². The van der Waals surface area contributed by atoms with Gasteiger partial charge in [0.15, 0.2) is 0 Å². The fourth-order valence-electron chi connectivity index (χ4n) is 2.77. The zero-order chi connectivity index (χ0) is 13.3. The summed E-state index contributed by atoms with van der Waals surface area (Å²) in [5, 5.41) is 0. The minimum atomic E-state index is -0.493. The molecular formula is C14H18N2O2. The maximum Gasteiger partial charge on any atom is 0.249 e. The van der Waals surface area contributed by atoms with E-state index in [1.54, 1.807) is 6.07 Å². The molecule has 0 saturated carbocycles. The maximum atomic E-state index is 11.7. The van der Waals surface area contributed by atoms with E-state index in [0.29, 0.717) is 23.5 Å². The first-order valence-electron chi connectivity index (χ1n) is 6.25. The molecule has 1 aromatic carbocycles. The van der Waals surface area contributed by atoms with Crippen LogP contribution in [0.3, 0.4) is 0 Å². The van der Waals surface area contributed by atoms with Crippen molar-refractivity contribution in [3.8, 4) is 0 Å². The van der Waals surface area contributed by atoms with Crippen LogP contribution in [0.15, 0.2) is 12.1 Å². The molecule has 0 heterocycles. The van der Waals surface area contributed by atoms with Crippen molar-refractivity contribution in [1.29, 1.82) is 0 Å². The molecule has 0 aliphatic heterocycles. The Bertz CT molecular complexity index is 509. The van der Waals surface area contributed by atoms with E-state index >= 15 is 0 Å². The van der Waals surface area contributed by atoms with Gasteiger partial charge < -0.3 is 11.5 Å². The third kappa shape index (κ3) is 2.23. The average molecular weight is 246 g/mol. The summed E-state index contributed by atoms with van der Waals surface area (Å²) in [5.41, 5.74) is 13.4. The van der Waals surface area contributed by atoms with Crippen molar-refractivity contribution in [3.63, 3.8) is 0 Å². The molecule has 0 fully saturated rings. The number of fused-ring (bicyclic) bond motifs is 2. The molecule has 2 amide bonds. The molecule has 0 saturated heterocycles. The smallest absolute Gasteiger partial charge is 0.249 e. The summed E-state index contributed by atoms with van der Waals surface area (Å²) in [4.78, 5) is 23.1. The average Bonchev–Trinajstić information content (AvgIpc) is 2.26. The molecule has 2 bridgehead atoms. The van der Waals surface area contributed by atoms with E-state index in [-0.39, 0.29) is 0 Å². The second-order valence-electron chi connectivity index (χ2n) is 5.06. The van der Waals surface area contributed by atoms with E-state index in [1.807, 2.05) is 6.07 Å². The van der Waals surface area contributed by atoms with E-state index in [1.165, 1.54) is 0 Å². The monoisotopic (exact) mass is 246 g/mol. The molecule has 2 rings (SSSR count). The molecule has 0 radical (unpaired) electrons. The van der Waals surface area contributed by atoms with Crippen molar-refractivity contribution in [3.05, 3.63) is 34.4 Å². The number of benzene rings is 1. The summed E-state index contributed by atoms with van der Waals surface area (Å²) in [6.45, 7) is 2.16. The molecule has 4 N–H and O–H groups in total. The predicted molar refractivity (Wildman–Crippen MR) is 69.3 cm³/mol. The Morgan fingerprint density at radius 1 is 1.22 bits per heavy atom. The predicted octanol–water partition coefficient (Wildman–Crippen LogP) is 1.40. The first kappa shape index (κ1) is 12.6. The number of nitrogens with two attached hydrogens (primary N) is 2. The van der Waals surface area contributed by atoms with Crippen LogP contribution in [0.5, 0.6) is 0 Å². The number of hydrogen-bond donors (Lipinski definition) is 2. The Labute approximate surface area is 106 Å². The first-order chi connectivity index (χ1) is 8.50. The summed E-state index contributed by atoms with van der Waals surface area (Å²) in [6, 6.07) is 3.53. The van der Waals surface area contributed by atoms with Gasteiger partial charge in [-0.25, -0.2) is 0 Å². The van der Waals surface area contributed by atoms with Crippen molar-refractivity contribution < 1.29 is 9.59 Å². The van der Waals surface area contributed by atoms with Crippen LogP contribution in [0.1, 0.15) is 51.6 Å². The van der Waals surface area contributed by atoms with Gasteiger partial charge in [-0.2, -0.15) is 0 Å². The lowest BCUT2D eigenvalue weighted by molar-refractivity contribution is 0.0998. The van der Waals surface area contributed by atoms with Crippen LogP contribution >= 0.6 is 0 Å². The standard InChI is InChI=1S/C14H18N2O2/c1-8-3-2-4-10-11(13(15)17)6-5-9(7-8)12(10)14(16)18/h5-6,8H,2-4,7H2,1H3,(H2,15,17)(H2,16,18). The summed E-state index contributed by atoms with van der Waals surface area (Å²) in [7, 11) is 0. The highest BCUT2D eigenvalue weighted by Gasteiger charge is 2.22. The minimum absolute atomic E-state index is 0.433. The second kappa shape index (κ2) is 4.80. The van der Waals surface area contributed by atoms with E-state index in [0.717, 1.165) is 30.4 Å². The fourth-order valence-corrected chi connectivity index (χ4v) is 2.77. The molecule has 1 unspecified atom stereocenters. The summed E-state index contributed by atoms with van der Waals surface area (Å²) in [6.07, 6.45) is 3.54. The molecule has 1 aliphatic rings. The summed E-state index contributed by atoms with van der Waals surface area (Å²) < 4.78 is 0. The molecule has 18 heavy (non-hydrogen) atoms. The van der Waals surface area contributed by atoms with Crippen molar-refractivity contribution in [1.82, 2.24) is 0 Å². The van der Waals surface area contributed by atoms with Gasteiger partial charge in [-0.3, -0.25) is 9.59 Å². The van der Waals surface area contributed by atoms with Gasteiger partial charge in [-0.1, -0.05) is 19.4 Å². The summed E-state index contributed by atoms with van der Waals surface area (Å²) >= 11 is 0. The van der Waals surface area contributed by atoms with Gasteiger partial charge in [0.25, 0.3) is 0 Å². The molecule has 4 heteroatoms. The van der Waals surface area contributed by atoms with Crippen molar-refractivity contribution in [2.45, 2.75) is 32.6 Å². The lowest BCUT2D eigenvalue weighted by Gasteiger charge is -2.21. The number of primary amides is 2. The van der Waals surface area contributed by atoms with Crippen molar-refractivity contribution >= 4 is 11.8 Å². The van der Waals surface area contributed by atoms with Gasteiger partial charge >= 0.3 is 0 Å². The third-order valence-electron chi connectivity index (χ3n) is 3.60. The molecule has 4 nitrogen and oxygen atoms in total. The zero-order valence-corrected chi connectivity index (χ0v) is 10.5. The molecule has 1 atom stereocenters. The van der Waals surface area contributed by atoms with Gasteiger partial charge in [0, 0.05) is 11.1 Å². The number of carbonyl (C=O) groups is 2. The number of carbonyl (C=O) groups excluding carboxylic acids is 2. The van der Waals surface area contributed by atoms with Crippen LogP contribution in [0.25, 0.3) is 0 Å². The van der Waals surface area contributed by atoms with Crippen LogP contribution in [0.2, 0.25) is 0 Å². The summed E-state index contributed by atoms with van der Waals surface area (Å²) in [5.74, 6) is -0.430. The Hall–Kier alpha value is -1.84. The number of rotatable bonds is 2. The van der Waals surface area contributed by atoms with E-state index < -0.39 is 11.8 Å². The fraction of sp³-hybridized carbons (Fsp3) is 0.429. The Balaban J connectivity index is 2.65. The number of hydrogen-bond acceptors (Lipinski definition) is 2. The zero-order valence-electron chi connectivity index (χ0n) is 10.5. The Morgan fingerprint density at radius 2 is 1.94 bits per heavy atom. The molecule has 1 aromatic rings. The Kier molecular flexibility index (Phi) is 3.36. The van der Waals surface area contributed by atoms with Crippen LogP contribution in [-0.4, -0.2) is 11.8 Å². The largest absolute Gasteiger partial charge is 0.366 e. The van der Waals surface area contributed by atoms with Crippen molar-refractivity contribution in [2.75, 3.05) is 0 Å². The lowest BCUT2D eigenvalue weighted by Crippen LogP contribution is -2.24. The van der Waals surface area contributed by atoms with Crippen LogP contribution < -0.4 is 11.5 Å². The van der Waals surface area contributed by atoms with Gasteiger partial charge in [0.1, 0.15) is 0 Å². The van der Waals surface area contributed by atoms with Crippen molar-refractivity contribution in [2.24, 2.45) is 17.4 Å². The minimum Gasteiger partial charge on any atom is -0.366 e. The number of amides is 2. The highest BCUT2D eigenvalue weighted by atomic mass is 16.1. The second-order valence-corrected chi connectivity index (χ2v) is 5.06. The first-order valence-corrected chi connectivity index (χ1v) is 6.25. The van der Waals surface area contributed by atoms with Crippen LogP contribution in [0.4, 0.5) is 0 Å². The quantitative estimate of drug-likeness (QED) is 0.826. The molecule has 0 spiro atoms. The van der Waals surface area contributed by atoms with Gasteiger partial charge in [0.05, 0.1) is 0 Å². The normalized spacial score (nSPS) is 18.8. The van der Waals surface area contributed by atoms with Gasteiger partial charge in [-0.15, -0.1) is 0 Å². The maximum absolute atomic E-state index is 11.7. The van der Waals surface area contributed by atoms with E-state index in [2.05, 4.69) is 6.92 Å². The highest BCUT2D eigenvalue weighted by molar-refractivity contribution is 6.02.